The van der Waals surface area contributed by atoms with Crippen molar-refractivity contribution in [2.24, 2.45) is 0 Å². The molecular formula is C17H12BrFN4O. The lowest BCUT2D eigenvalue weighted by molar-refractivity contribution is 0.0732. The maximum absolute atomic E-state index is 13.3. The van der Waals surface area contributed by atoms with Crippen LogP contribution in [0.5, 0.6) is 0 Å². The molecule has 7 heteroatoms. The summed E-state index contributed by atoms with van der Waals surface area (Å²) in [5, 5.41) is 0.921. The summed E-state index contributed by atoms with van der Waals surface area (Å²) in [4.78, 5) is 26.9. The van der Waals surface area contributed by atoms with E-state index in [0.717, 1.165) is 27.3 Å². The molecule has 1 aliphatic rings. The first kappa shape index (κ1) is 15.1. The van der Waals surface area contributed by atoms with E-state index in [0.29, 0.717) is 25.2 Å². The Morgan fingerprint density at radius 1 is 1.21 bits per heavy atom. The number of hydrogen-bond donors (Lipinski definition) is 0. The molecule has 0 N–H and O–H groups in total. The van der Waals surface area contributed by atoms with Gasteiger partial charge in [0.05, 0.1) is 11.8 Å². The molecule has 3 aromatic rings. The summed E-state index contributed by atoms with van der Waals surface area (Å²) in [6.07, 6.45) is 4.85. The summed E-state index contributed by atoms with van der Waals surface area (Å²) < 4.78 is 14.2. The monoisotopic (exact) mass is 386 g/mol. The smallest absolute Gasteiger partial charge is 0.255 e. The molecule has 3 aromatic heterocycles. The third-order valence-electron chi connectivity index (χ3n) is 4.02. The fourth-order valence-corrected chi connectivity index (χ4v) is 3.23. The number of carbonyl (C=O) groups excluding carboxylic acids is 1. The van der Waals surface area contributed by atoms with Crippen molar-refractivity contribution < 1.29 is 9.18 Å². The van der Waals surface area contributed by atoms with Gasteiger partial charge in [-0.2, -0.15) is 0 Å². The zero-order chi connectivity index (χ0) is 16.7. The van der Waals surface area contributed by atoms with Crippen LogP contribution in [0, 0.1) is 5.82 Å². The Balaban J connectivity index is 1.66. The second-order valence-corrected chi connectivity index (χ2v) is 6.58. The molecule has 0 unspecified atom stereocenters. The van der Waals surface area contributed by atoms with E-state index in [1.807, 2.05) is 12.1 Å². The summed E-state index contributed by atoms with van der Waals surface area (Å²) in [7, 11) is 0. The summed E-state index contributed by atoms with van der Waals surface area (Å²) in [5.74, 6) is -0.734. The SMILES string of the molecule is O=C(c1cncc(F)c1)N1CCc2nc3ncc(Br)cc3cc2C1. The molecule has 4 heterocycles. The van der Waals surface area contributed by atoms with Crippen LogP contribution >= 0.6 is 15.9 Å². The van der Waals surface area contributed by atoms with Crippen LogP contribution in [0.4, 0.5) is 4.39 Å². The van der Waals surface area contributed by atoms with Crippen LogP contribution in [-0.2, 0) is 13.0 Å². The summed E-state index contributed by atoms with van der Waals surface area (Å²) in [6.45, 7) is 0.984. The number of fused-ring (bicyclic) bond motifs is 2. The molecule has 0 aliphatic carbocycles. The van der Waals surface area contributed by atoms with Crippen molar-refractivity contribution in [3.05, 3.63) is 63.9 Å². The van der Waals surface area contributed by atoms with Crippen LogP contribution in [0.25, 0.3) is 11.0 Å². The molecule has 1 aliphatic heterocycles. The maximum Gasteiger partial charge on any atom is 0.255 e. The number of hydrogen-bond acceptors (Lipinski definition) is 4. The summed E-state index contributed by atoms with van der Waals surface area (Å²) in [6, 6.07) is 5.18. The standard InChI is InChI=1S/C17H12BrFN4O/c18-13-4-10-3-12-9-23(2-1-15(12)22-16(10)21-7-13)17(24)11-5-14(19)8-20-6-11/h3-8H,1-2,9H2. The highest BCUT2D eigenvalue weighted by atomic mass is 79.9. The zero-order valence-electron chi connectivity index (χ0n) is 12.5. The number of amides is 1. The van der Waals surface area contributed by atoms with Gasteiger partial charge in [-0.15, -0.1) is 0 Å². The van der Waals surface area contributed by atoms with Gasteiger partial charge >= 0.3 is 0 Å². The van der Waals surface area contributed by atoms with E-state index < -0.39 is 5.82 Å². The predicted molar refractivity (Wildman–Crippen MR) is 89.9 cm³/mol. The minimum Gasteiger partial charge on any atom is -0.334 e. The van der Waals surface area contributed by atoms with Gasteiger partial charge in [-0.25, -0.2) is 14.4 Å². The van der Waals surface area contributed by atoms with Gasteiger partial charge in [0, 0.05) is 47.5 Å². The molecular weight excluding hydrogens is 375 g/mol. The highest BCUT2D eigenvalue weighted by molar-refractivity contribution is 9.10. The molecule has 0 bridgehead atoms. The van der Waals surface area contributed by atoms with Gasteiger partial charge in [-0.1, -0.05) is 0 Å². The summed E-state index contributed by atoms with van der Waals surface area (Å²) >= 11 is 3.40. The van der Waals surface area contributed by atoms with Crippen molar-refractivity contribution >= 4 is 32.9 Å². The summed E-state index contributed by atoms with van der Waals surface area (Å²) in [5.41, 5.74) is 2.91. The highest BCUT2D eigenvalue weighted by Crippen LogP contribution is 2.24. The van der Waals surface area contributed by atoms with Crippen LogP contribution in [0.15, 0.2) is 41.3 Å². The van der Waals surface area contributed by atoms with E-state index in [1.54, 1.807) is 11.1 Å². The van der Waals surface area contributed by atoms with Crippen LogP contribution in [0.3, 0.4) is 0 Å². The number of pyridine rings is 3. The van der Waals surface area contributed by atoms with Gasteiger partial charge < -0.3 is 4.90 Å². The van der Waals surface area contributed by atoms with Gasteiger partial charge in [0.15, 0.2) is 5.65 Å². The second kappa shape index (κ2) is 5.90. The van der Waals surface area contributed by atoms with E-state index in [9.17, 15) is 9.18 Å². The molecule has 0 atom stereocenters. The first-order chi connectivity index (χ1) is 11.6. The van der Waals surface area contributed by atoms with Crippen LogP contribution in [-0.4, -0.2) is 32.3 Å². The van der Waals surface area contributed by atoms with E-state index in [2.05, 4.69) is 30.9 Å². The molecule has 120 valence electrons. The minimum absolute atomic E-state index is 0.222. The Hall–Kier alpha value is -2.41. The van der Waals surface area contributed by atoms with Crippen molar-refractivity contribution in [3.8, 4) is 0 Å². The molecule has 1 amide bonds. The van der Waals surface area contributed by atoms with E-state index in [1.165, 1.54) is 12.3 Å². The molecule has 24 heavy (non-hydrogen) atoms. The Morgan fingerprint density at radius 2 is 2.08 bits per heavy atom. The third-order valence-corrected chi connectivity index (χ3v) is 4.46. The van der Waals surface area contributed by atoms with Crippen LogP contribution < -0.4 is 0 Å². The lowest BCUT2D eigenvalue weighted by atomic mass is 10.0. The third kappa shape index (κ3) is 2.75. The molecule has 0 fully saturated rings. The number of aromatic nitrogens is 3. The first-order valence-corrected chi connectivity index (χ1v) is 8.23. The molecule has 0 aromatic carbocycles. The van der Waals surface area contributed by atoms with Gasteiger partial charge in [-0.05, 0) is 39.7 Å². The minimum atomic E-state index is -0.512. The Morgan fingerprint density at radius 3 is 2.92 bits per heavy atom. The molecule has 5 nitrogen and oxygen atoms in total. The number of nitrogens with zero attached hydrogens (tertiary/aromatic N) is 4. The highest BCUT2D eigenvalue weighted by Gasteiger charge is 2.23. The quantitative estimate of drug-likeness (QED) is 0.644. The van der Waals surface area contributed by atoms with Crippen molar-refractivity contribution in [1.29, 1.82) is 0 Å². The normalized spacial score (nSPS) is 13.8. The van der Waals surface area contributed by atoms with Crippen molar-refractivity contribution in [3.63, 3.8) is 0 Å². The Bertz CT molecular complexity index is 962. The van der Waals surface area contributed by atoms with E-state index in [-0.39, 0.29) is 11.5 Å². The largest absolute Gasteiger partial charge is 0.334 e. The number of halogens is 2. The fraction of sp³-hybridized carbons (Fsp3) is 0.176. The predicted octanol–water partition coefficient (Wildman–Crippen LogP) is 3.12. The molecule has 0 saturated carbocycles. The molecule has 4 rings (SSSR count). The van der Waals surface area contributed by atoms with Crippen molar-refractivity contribution in [2.75, 3.05) is 6.54 Å². The van der Waals surface area contributed by atoms with Gasteiger partial charge in [0.2, 0.25) is 0 Å². The van der Waals surface area contributed by atoms with Gasteiger partial charge in [-0.3, -0.25) is 9.78 Å². The van der Waals surface area contributed by atoms with E-state index in [4.69, 9.17) is 0 Å². The lowest BCUT2D eigenvalue weighted by Gasteiger charge is -2.28. The number of rotatable bonds is 1. The van der Waals surface area contributed by atoms with E-state index >= 15 is 0 Å². The van der Waals surface area contributed by atoms with Gasteiger partial charge in [0.25, 0.3) is 5.91 Å². The first-order valence-electron chi connectivity index (χ1n) is 7.44. The topological polar surface area (TPSA) is 59.0 Å². The molecule has 0 spiro atoms. The molecule has 0 radical (unpaired) electrons. The maximum atomic E-state index is 13.3. The van der Waals surface area contributed by atoms with Crippen LogP contribution in [0.1, 0.15) is 21.6 Å². The second-order valence-electron chi connectivity index (χ2n) is 5.66. The van der Waals surface area contributed by atoms with Crippen molar-refractivity contribution in [1.82, 2.24) is 19.9 Å². The number of carbonyl (C=O) groups is 1. The van der Waals surface area contributed by atoms with Crippen molar-refractivity contribution in [2.45, 2.75) is 13.0 Å². The fourth-order valence-electron chi connectivity index (χ4n) is 2.88. The Labute approximate surface area is 145 Å². The Kier molecular flexibility index (Phi) is 3.72. The van der Waals surface area contributed by atoms with Crippen LogP contribution in [0.2, 0.25) is 0 Å². The average Bonchev–Trinajstić information content (AvgIpc) is 2.59. The lowest BCUT2D eigenvalue weighted by Crippen LogP contribution is -2.36. The van der Waals surface area contributed by atoms with Gasteiger partial charge in [0.1, 0.15) is 5.82 Å². The molecule has 0 saturated heterocycles. The average molecular weight is 387 g/mol. The zero-order valence-corrected chi connectivity index (χ0v) is 14.1.